The largest absolute Gasteiger partial charge is 0.326 e. The molecule has 3 N–H and O–H groups in total. The molecule has 0 unspecified atom stereocenters. The summed E-state index contributed by atoms with van der Waals surface area (Å²) in [6, 6.07) is 7.42. The average Bonchev–Trinajstić information content (AvgIpc) is 2.78. The highest BCUT2D eigenvalue weighted by Gasteiger charge is 2.06. The number of carbonyl (C=O) groups is 1. The molecule has 18 heavy (non-hydrogen) atoms. The third-order valence-corrected chi connectivity index (χ3v) is 2.32. The van der Waals surface area contributed by atoms with Crippen LogP contribution in [0.1, 0.15) is 12.7 Å². The number of aromatic nitrogens is 3. The minimum absolute atomic E-state index is 0.0991. The number of hydrogen-bond donors (Lipinski definition) is 3. The molecular weight excluding hydrogens is 230 g/mol. The predicted octanol–water partition coefficient (Wildman–Crippen LogP) is 1.15. The van der Waals surface area contributed by atoms with Crippen LogP contribution in [0.5, 0.6) is 0 Å². The zero-order valence-electron chi connectivity index (χ0n) is 10.3. The smallest absolute Gasteiger partial charge is 0.221 e. The van der Waals surface area contributed by atoms with Crippen molar-refractivity contribution < 1.29 is 4.79 Å². The minimum atomic E-state index is -0.0991. The molecule has 94 valence electrons. The van der Waals surface area contributed by atoms with Crippen LogP contribution >= 0.6 is 0 Å². The number of carbonyl (C=O) groups excluding carboxylic acids is 1. The fourth-order valence-corrected chi connectivity index (χ4v) is 1.61. The van der Waals surface area contributed by atoms with Crippen LogP contribution in [0, 0.1) is 0 Å². The zero-order valence-corrected chi connectivity index (χ0v) is 10.3. The first kappa shape index (κ1) is 12.3. The van der Waals surface area contributed by atoms with E-state index in [-0.39, 0.29) is 5.91 Å². The van der Waals surface area contributed by atoms with Crippen LogP contribution in [0.15, 0.2) is 24.3 Å². The molecule has 0 aliphatic carbocycles. The summed E-state index contributed by atoms with van der Waals surface area (Å²) in [5.41, 5.74) is 1.60. The Morgan fingerprint density at radius 2 is 2.28 bits per heavy atom. The Bertz CT molecular complexity index is 549. The van der Waals surface area contributed by atoms with Gasteiger partial charge in [-0.2, -0.15) is 5.10 Å². The molecule has 2 aromatic rings. The summed E-state index contributed by atoms with van der Waals surface area (Å²) >= 11 is 0. The molecule has 0 spiro atoms. The monoisotopic (exact) mass is 245 g/mol. The molecule has 0 atom stereocenters. The van der Waals surface area contributed by atoms with Gasteiger partial charge in [-0.25, -0.2) is 4.98 Å². The fourth-order valence-electron chi connectivity index (χ4n) is 1.61. The van der Waals surface area contributed by atoms with Crippen molar-refractivity contribution >= 4 is 11.6 Å². The molecule has 2 rings (SSSR count). The van der Waals surface area contributed by atoms with E-state index in [9.17, 15) is 4.79 Å². The Hall–Kier alpha value is -2.21. The van der Waals surface area contributed by atoms with Crippen molar-refractivity contribution in [2.24, 2.45) is 0 Å². The first-order valence-corrected chi connectivity index (χ1v) is 5.63. The van der Waals surface area contributed by atoms with E-state index in [1.165, 1.54) is 6.92 Å². The van der Waals surface area contributed by atoms with Crippen molar-refractivity contribution in [3.8, 4) is 11.4 Å². The summed E-state index contributed by atoms with van der Waals surface area (Å²) < 4.78 is 0. The average molecular weight is 245 g/mol. The van der Waals surface area contributed by atoms with Gasteiger partial charge in [-0.15, -0.1) is 0 Å². The van der Waals surface area contributed by atoms with Gasteiger partial charge in [0.2, 0.25) is 5.91 Å². The van der Waals surface area contributed by atoms with Crippen LogP contribution in [0.2, 0.25) is 0 Å². The van der Waals surface area contributed by atoms with Crippen molar-refractivity contribution in [3.63, 3.8) is 0 Å². The molecule has 6 nitrogen and oxygen atoms in total. The topological polar surface area (TPSA) is 82.7 Å². The van der Waals surface area contributed by atoms with Gasteiger partial charge in [-0.1, -0.05) is 12.1 Å². The van der Waals surface area contributed by atoms with Crippen molar-refractivity contribution in [2.45, 2.75) is 13.5 Å². The van der Waals surface area contributed by atoms with Crippen molar-refractivity contribution in [3.05, 3.63) is 30.1 Å². The molecule has 1 amide bonds. The van der Waals surface area contributed by atoms with E-state index >= 15 is 0 Å². The van der Waals surface area contributed by atoms with Crippen LogP contribution < -0.4 is 10.6 Å². The molecule has 1 heterocycles. The lowest BCUT2D eigenvalue weighted by atomic mass is 10.2. The number of H-pyrrole nitrogens is 1. The summed E-state index contributed by atoms with van der Waals surface area (Å²) in [4.78, 5) is 15.3. The summed E-state index contributed by atoms with van der Waals surface area (Å²) in [5.74, 6) is 1.29. The lowest BCUT2D eigenvalue weighted by Gasteiger charge is -2.02. The number of aromatic amines is 1. The number of benzene rings is 1. The molecule has 0 radical (unpaired) electrons. The third kappa shape index (κ3) is 2.92. The Morgan fingerprint density at radius 3 is 3.00 bits per heavy atom. The third-order valence-electron chi connectivity index (χ3n) is 2.32. The van der Waals surface area contributed by atoms with E-state index in [1.54, 1.807) is 0 Å². The van der Waals surface area contributed by atoms with Gasteiger partial charge in [0.25, 0.3) is 0 Å². The van der Waals surface area contributed by atoms with Crippen LogP contribution in [-0.2, 0) is 11.3 Å². The van der Waals surface area contributed by atoms with E-state index in [0.717, 1.165) is 17.1 Å². The summed E-state index contributed by atoms with van der Waals surface area (Å²) in [6.45, 7) is 2.11. The summed E-state index contributed by atoms with van der Waals surface area (Å²) in [5, 5.41) is 12.7. The van der Waals surface area contributed by atoms with Gasteiger partial charge in [0.1, 0.15) is 5.82 Å². The van der Waals surface area contributed by atoms with Gasteiger partial charge < -0.3 is 10.6 Å². The van der Waals surface area contributed by atoms with Gasteiger partial charge in [0.15, 0.2) is 5.82 Å². The summed E-state index contributed by atoms with van der Waals surface area (Å²) in [6.07, 6.45) is 0. The van der Waals surface area contributed by atoms with Gasteiger partial charge in [-0.3, -0.25) is 9.89 Å². The number of hydrogen-bond acceptors (Lipinski definition) is 4. The van der Waals surface area contributed by atoms with Crippen LogP contribution in [-0.4, -0.2) is 28.1 Å². The summed E-state index contributed by atoms with van der Waals surface area (Å²) in [7, 11) is 1.85. The van der Waals surface area contributed by atoms with Gasteiger partial charge in [0.05, 0.1) is 6.54 Å². The van der Waals surface area contributed by atoms with Gasteiger partial charge in [0, 0.05) is 18.2 Å². The number of amides is 1. The van der Waals surface area contributed by atoms with Gasteiger partial charge in [-0.05, 0) is 19.2 Å². The van der Waals surface area contributed by atoms with Crippen molar-refractivity contribution in [2.75, 3.05) is 12.4 Å². The van der Waals surface area contributed by atoms with E-state index in [0.29, 0.717) is 12.4 Å². The Morgan fingerprint density at radius 1 is 1.44 bits per heavy atom. The fraction of sp³-hybridized carbons (Fsp3) is 0.250. The maximum Gasteiger partial charge on any atom is 0.221 e. The normalized spacial score (nSPS) is 10.3. The van der Waals surface area contributed by atoms with E-state index in [4.69, 9.17) is 0 Å². The number of anilines is 1. The highest BCUT2D eigenvalue weighted by atomic mass is 16.1. The van der Waals surface area contributed by atoms with E-state index in [2.05, 4.69) is 25.8 Å². The number of nitrogens with zero attached hydrogens (tertiary/aromatic N) is 2. The molecule has 0 saturated carbocycles. The molecule has 1 aromatic heterocycles. The minimum Gasteiger partial charge on any atom is -0.326 e. The molecule has 0 aliphatic rings. The first-order chi connectivity index (χ1) is 8.69. The molecule has 0 bridgehead atoms. The molecule has 0 fully saturated rings. The standard InChI is InChI=1S/C12H15N5O/c1-8(18)14-10-5-3-4-9(6-10)12-15-11(7-13-2)16-17-12/h3-6,13H,7H2,1-2H3,(H,14,18)(H,15,16,17). The Kier molecular flexibility index (Phi) is 3.69. The Balaban J connectivity index is 2.23. The SMILES string of the molecule is CNCc1nc(-c2cccc(NC(C)=O)c2)n[nH]1. The second kappa shape index (κ2) is 5.42. The first-order valence-electron chi connectivity index (χ1n) is 5.63. The molecule has 0 aliphatic heterocycles. The number of rotatable bonds is 4. The number of nitrogens with one attached hydrogen (secondary N) is 3. The highest BCUT2D eigenvalue weighted by molar-refractivity contribution is 5.89. The maximum atomic E-state index is 11.0. The second-order valence-corrected chi connectivity index (χ2v) is 3.90. The Labute approximate surface area is 105 Å². The second-order valence-electron chi connectivity index (χ2n) is 3.90. The predicted molar refractivity (Wildman–Crippen MR) is 68.9 cm³/mol. The van der Waals surface area contributed by atoms with E-state index < -0.39 is 0 Å². The van der Waals surface area contributed by atoms with Crippen LogP contribution in [0.3, 0.4) is 0 Å². The van der Waals surface area contributed by atoms with Crippen LogP contribution in [0.4, 0.5) is 5.69 Å². The van der Waals surface area contributed by atoms with E-state index in [1.807, 2.05) is 31.3 Å². The molecular formula is C12H15N5O. The van der Waals surface area contributed by atoms with Crippen molar-refractivity contribution in [1.29, 1.82) is 0 Å². The molecule has 6 heteroatoms. The lowest BCUT2D eigenvalue weighted by Crippen LogP contribution is -2.06. The van der Waals surface area contributed by atoms with Gasteiger partial charge >= 0.3 is 0 Å². The molecule has 0 saturated heterocycles. The lowest BCUT2D eigenvalue weighted by molar-refractivity contribution is -0.114. The van der Waals surface area contributed by atoms with Crippen LogP contribution in [0.25, 0.3) is 11.4 Å². The van der Waals surface area contributed by atoms with Crippen molar-refractivity contribution in [1.82, 2.24) is 20.5 Å². The molecule has 1 aromatic carbocycles. The maximum absolute atomic E-state index is 11.0. The quantitative estimate of drug-likeness (QED) is 0.754. The highest BCUT2D eigenvalue weighted by Crippen LogP contribution is 2.19. The zero-order chi connectivity index (χ0) is 13.0.